The first-order chi connectivity index (χ1) is 15.7. The molecule has 0 aromatic heterocycles. The van der Waals surface area contributed by atoms with Crippen LogP contribution in [-0.2, 0) is 14.3 Å². The number of ether oxygens (including phenoxy) is 1. The number of piperazine rings is 1. The van der Waals surface area contributed by atoms with Crippen molar-refractivity contribution in [3.05, 3.63) is 35.7 Å². The van der Waals surface area contributed by atoms with E-state index in [9.17, 15) is 18.4 Å². The van der Waals surface area contributed by atoms with Gasteiger partial charge in [0.2, 0.25) is 5.91 Å². The van der Waals surface area contributed by atoms with Gasteiger partial charge in [-0.2, -0.15) is 0 Å². The number of carbonyl (C=O) groups excluding carboxylic acids is 2. The SMILES string of the molecule is CCOC(=O)CCC(=O)N1CCN(c2c(F)cc(N/C=C(\N)CNC(=S)NC)cc2F)CC1. The Hall–Kier alpha value is -3.15. The first-order valence-corrected chi connectivity index (χ1v) is 11.0. The lowest BCUT2D eigenvalue weighted by molar-refractivity contribution is -0.145. The molecule has 1 aliphatic rings. The molecule has 1 heterocycles. The second-order valence-corrected chi connectivity index (χ2v) is 7.67. The number of hydrogen-bond acceptors (Lipinski definition) is 7. The number of anilines is 2. The zero-order valence-electron chi connectivity index (χ0n) is 18.7. The predicted molar refractivity (Wildman–Crippen MR) is 127 cm³/mol. The molecule has 1 saturated heterocycles. The lowest BCUT2D eigenvalue weighted by Gasteiger charge is -2.36. The third-order valence-corrected chi connectivity index (χ3v) is 5.27. The molecule has 0 unspecified atom stereocenters. The lowest BCUT2D eigenvalue weighted by atomic mass is 10.2. The Morgan fingerprint density at radius 2 is 1.82 bits per heavy atom. The summed E-state index contributed by atoms with van der Waals surface area (Å²) < 4.78 is 34.2. The summed E-state index contributed by atoms with van der Waals surface area (Å²) in [6.45, 7) is 3.39. The fraction of sp³-hybridized carbons (Fsp3) is 0.476. The zero-order valence-corrected chi connectivity index (χ0v) is 19.6. The van der Waals surface area contributed by atoms with Crippen molar-refractivity contribution in [2.45, 2.75) is 19.8 Å². The Morgan fingerprint density at radius 3 is 2.39 bits per heavy atom. The van der Waals surface area contributed by atoms with Crippen molar-refractivity contribution >= 4 is 40.6 Å². The third-order valence-electron chi connectivity index (χ3n) is 4.92. The molecule has 12 heteroatoms. The molecule has 0 radical (unpaired) electrons. The van der Waals surface area contributed by atoms with Crippen LogP contribution in [0.2, 0.25) is 0 Å². The Kier molecular flexibility index (Phi) is 10.1. The van der Waals surface area contributed by atoms with Crippen molar-refractivity contribution in [3.8, 4) is 0 Å². The molecule has 0 saturated carbocycles. The molecular weight excluding hydrogens is 454 g/mol. The van der Waals surface area contributed by atoms with Gasteiger partial charge >= 0.3 is 5.97 Å². The maximum atomic E-state index is 14.7. The van der Waals surface area contributed by atoms with Crippen LogP contribution in [0.3, 0.4) is 0 Å². The van der Waals surface area contributed by atoms with Gasteiger partial charge in [-0.3, -0.25) is 9.59 Å². The number of esters is 1. The largest absolute Gasteiger partial charge is 0.466 e. The van der Waals surface area contributed by atoms with E-state index in [1.807, 2.05) is 0 Å². The third kappa shape index (κ3) is 8.04. The Balaban J connectivity index is 1.92. The van der Waals surface area contributed by atoms with E-state index >= 15 is 0 Å². The molecule has 1 amide bonds. The van der Waals surface area contributed by atoms with Crippen molar-refractivity contribution < 1.29 is 23.1 Å². The number of nitrogens with one attached hydrogen (secondary N) is 3. The van der Waals surface area contributed by atoms with E-state index in [-0.39, 0.29) is 56.4 Å². The smallest absolute Gasteiger partial charge is 0.306 e. The maximum absolute atomic E-state index is 14.7. The van der Waals surface area contributed by atoms with Crippen LogP contribution in [0.5, 0.6) is 0 Å². The summed E-state index contributed by atoms with van der Waals surface area (Å²) in [6, 6.07) is 2.37. The van der Waals surface area contributed by atoms with Gasteiger partial charge in [-0.25, -0.2) is 8.78 Å². The van der Waals surface area contributed by atoms with E-state index in [2.05, 4.69) is 16.0 Å². The number of nitrogens with two attached hydrogens (primary N) is 1. The van der Waals surface area contributed by atoms with Crippen molar-refractivity contribution in [1.82, 2.24) is 15.5 Å². The zero-order chi connectivity index (χ0) is 24.4. The van der Waals surface area contributed by atoms with Gasteiger partial charge in [0.1, 0.15) is 5.69 Å². The number of benzene rings is 1. The highest BCUT2D eigenvalue weighted by Gasteiger charge is 2.25. The standard InChI is InChI=1S/C21H30F2N6O3S/c1-3-32-19(31)5-4-18(30)28-6-8-29(9-7-28)20-16(22)10-15(11-17(20)23)26-12-14(24)13-27-21(33)25-2/h10-12,26H,3-9,13,24H2,1-2H3,(H2,25,27,33)/b14-12-. The predicted octanol–water partition coefficient (Wildman–Crippen LogP) is 1.26. The minimum Gasteiger partial charge on any atom is -0.466 e. The number of rotatable bonds is 9. The fourth-order valence-electron chi connectivity index (χ4n) is 3.23. The lowest BCUT2D eigenvalue weighted by Crippen LogP contribution is -2.49. The number of amides is 1. The van der Waals surface area contributed by atoms with Crippen molar-refractivity contribution in [2.75, 3.05) is 56.6 Å². The second-order valence-electron chi connectivity index (χ2n) is 7.26. The molecule has 1 aromatic carbocycles. The molecule has 1 fully saturated rings. The van der Waals surface area contributed by atoms with Gasteiger partial charge in [-0.15, -0.1) is 0 Å². The molecule has 33 heavy (non-hydrogen) atoms. The van der Waals surface area contributed by atoms with Gasteiger partial charge in [-0.05, 0) is 31.3 Å². The van der Waals surface area contributed by atoms with Gasteiger partial charge in [0.05, 0.1) is 19.6 Å². The summed E-state index contributed by atoms with van der Waals surface area (Å²) in [5.74, 6) is -2.05. The molecule has 0 bridgehead atoms. The van der Waals surface area contributed by atoms with Crippen LogP contribution < -0.4 is 26.6 Å². The number of hydrogen-bond donors (Lipinski definition) is 4. The van der Waals surface area contributed by atoms with E-state index in [0.29, 0.717) is 23.9 Å². The molecule has 1 aromatic rings. The van der Waals surface area contributed by atoms with Gasteiger partial charge in [0, 0.05) is 57.2 Å². The monoisotopic (exact) mass is 484 g/mol. The number of halogens is 2. The average Bonchev–Trinajstić information content (AvgIpc) is 2.79. The van der Waals surface area contributed by atoms with Crippen LogP contribution in [0.25, 0.3) is 0 Å². The topological polar surface area (TPSA) is 112 Å². The summed E-state index contributed by atoms with van der Waals surface area (Å²) in [5, 5.41) is 8.80. The molecule has 0 atom stereocenters. The van der Waals surface area contributed by atoms with Gasteiger partial charge in [-0.1, -0.05) is 0 Å². The Morgan fingerprint density at radius 1 is 1.18 bits per heavy atom. The van der Waals surface area contributed by atoms with Crippen LogP contribution in [0.4, 0.5) is 20.2 Å². The molecule has 2 rings (SSSR count). The fourth-order valence-corrected chi connectivity index (χ4v) is 3.30. The van der Waals surface area contributed by atoms with Crippen LogP contribution in [0.15, 0.2) is 24.0 Å². The Labute approximate surface area is 197 Å². The van der Waals surface area contributed by atoms with Crippen molar-refractivity contribution in [3.63, 3.8) is 0 Å². The summed E-state index contributed by atoms with van der Waals surface area (Å²) in [5.41, 5.74) is 6.29. The van der Waals surface area contributed by atoms with Crippen LogP contribution in [0.1, 0.15) is 19.8 Å². The van der Waals surface area contributed by atoms with Crippen LogP contribution >= 0.6 is 12.2 Å². The summed E-state index contributed by atoms with van der Waals surface area (Å²) in [7, 11) is 1.67. The molecule has 5 N–H and O–H groups in total. The van der Waals surface area contributed by atoms with Gasteiger partial charge < -0.3 is 36.2 Å². The Bertz CT molecular complexity index is 868. The molecule has 182 valence electrons. The van der Waals surface area contributed by atoms with Gasteiger partial charge in [0.15, 0.2) is 16.7 Å². The molecular formula is C21H30F2N6O3S. The molecule has 9 nitrogen and oxygen atoms in total. The highest BCUT2D eigenvalue weighted by Crippen LogP contribution is 2.28. The number of thiocarbonyl (C=S) groups is 1. The van der Waals surface area contributed by atoms with E-state index in [1.165, 1.54) is 18.3 Å². The normalized spacial score (nSPS) is 14.0. The number of nitrogens with zero attached hydrogens (tertiary/aromatic N) is 2. The molecule has 1 aliphatic heterocycles. The van der Waals surface area contributed by atoms with Crippen LogP contribution in [-0.4, -0.2) is 68.3 Å². The molecule has 0 aliphatic carbocycles. The number of carbonyl (C=O) groups is 2. The first-order valence-electron chi connectivity index (χ1n) is 10.6. The first kappa shape index (κ1) is 26.1. The summed E-state index contributed by atoms with van der Waals surface area (Å²) >= 11 is 4.95. The van der Waals surface area contributed by atoms with E-state index < -0.39 is 17.6 Å². The minimum atomic E-state index is -0.721. The summed E-state index contributed by atoms with van der Waals surface area (Å²) in [4.78, 5) is 26.8. The average molecular weight is 485 g/mol. The van der Waals surface area contributed by atoms with E-state index in [4.69, 9.17) is 22.7 Å². The maximum Gasteiger partial charge on any atom is 0.306 e. The van der Waals surface area contributed by atoms with Crippen LogP contribution in [0, 0.1) is 11.6 Å². The molecule has 0 spiro atoms. The van der Waals surface area contributed by atoms with Crippen molar-refractivity contribution in [2.24, 2.45) is 5.73 Å². The van der Waals surface area contributed by atoms with Crippen molar-refractivity contribution in [1.29, 1.82) is 0 Å². The second kappa shape index (κ2) is 12.8. The van der Waals surface area contributed by atoms with E-state index in [0.717, 1.165) is 0 Å². The highest BCUT2D eigenvalue weighted by molar-refractivity contribution is 7.80. The quantitative estimate of drug-likeness (QED) is 0.304. The van der Waals surface area contributed by atoms with Gasteiger partial charge in [0.25, 0.3) is 0 Å². The minimum absolute atomic E-state index is 0.0157. The summed E-state index contributed by atoms with van der Waals surface area (Å²) in [6.07, 6.45) is 1.50. The van der Waals surface area contributed by atoms with E-state index in [1.54, 1.807) is 23.8 Å². The highest BCUT2D eigenvalue weighted by atomic mass is 32.1.